The lowest BCUT2D eigenvalue weighted by Crippen LogP contribution is -2.17. The lowest BCUT2D eigenvalue weighted by atomic mass is 10.0. The fourth-order valence-corrected chi connectivity index (χ4v) is 3.53. The van der Waals surface area contributed by atoms with Crippen molar-refractivity contribution in [2.75, 3.05) is 20.8 Å². The molecule has 0 atom stereocenters. The van der Waals surface area contributed by atoms with E-state index in [4.69, 9.17) is 42.1 Å². The largest absolute Gasteiger partial charge is 0.493 e. The SMILES string of the molecule is COc1ccc(C(=O)Cc2c(Cl)cncc2Cl)c(OCC(=O)OCc2ccccc2)c1OC. The number of carbonyl (C=O) groups is 2. The zero-order valence-corrected chi connectivity index (χ0v) is 19.5. The lowest BCUT2D eigenvalue weighted by Gasteiger charge is -2.17. The highest BCUT2D eigenvalue weighted by molar-refractivity contribution is 6.36. The van der Waals surface area contributed by atoms with E-state index in [1.807, 2.05) is 30.3 Å². The van der Waals surface area contributed by atoms with Crippen LogP contribution < -0.4 is 14.2 Å². The fourth-order valence-electron chi connectivity index (χ4n) is 3.04. The maximum absolute atomic E-state index is 13.1. The van der Waals surface area contributed by atoms with Crippen molar-refractivity contribution in [3.8, 4) is 17.2 Å². The van der Waals surface area contributed by atoms with Gasteiger partial charge in [0.15, 0.2) is 23.9 Å². The van der Waals surface area contributed by atoms with Crippen LogP contribution in [0, 0.1) is 0 Å². The zero-order chi connectivity index (χ0) is 23.8. The summed E-state index contributed by atoms with van der Waals surface area (Å²) in [4.78, 5) is 29.3. The number of methoxy groups -OCH3 is 2. The Morgan fingerprint density at radius 2 is 1.61 bits per heavy atom. The van der Waals surface area contributed by atoms with Gasteiger partial charge in [0, 0.05) is 24.4 Å². The van der Waals surface area contributed by atoms with Crippen molar-refractivity contribution in [1.29, 1.82) is 0 Å². The van der Waals surface area contributed by atoms with Crippen molar-refractivity contribution >= 4 is 35.0 Å². The molecule has 0 N–H and O–H groups in total. The molecule has 3 aromatic rings. The Bertz CT molecular complexity index is 1120. The van der Waals surface area contributed by atoms with Crippen LogP contribution in [0.5, 0.6) is 17.2 Å². The monoisotopic (exact) mass is 489 g/mol. The molecule has 7 nitrogen and oxygen atoms in total. The van der Waals surface area contributed by atoms with Gasteiger partial charge in [-0.25, -0.2) is 4.79 Å². The van der Waals surface area contributed by atoms with Crippen LogP contribution in [-0.2, 0) is 22.6 Å². The van der Waals surface area contributed by atoms with Gasteiger partial charge in [0.2, 0.25) is 5.75 Å². The standard InChI is InChI=1S/C24H21Cl2NO6/c1-30-21-9-8-16(20(28)10-17-18(25)11-27-12-19(17)26)23(24(21)31-2)33-14-22(29)32-13-15-6-4-3-5-7-15/h3-9,11-12H,10,13-14H2,1-2H3. The summed E-state index contributed by atoms with van der Waals surface area (Å²) in [5.41, 5.74) is 1.44. The van der Waals surface area contributed by atoms with Crippen molar-refractivity contribution in [1.82, 2.24) is 4.98 Å². The molecule has 0 aliphatic carbocycles. The summed E-state index contributed by atoms with van der Waals surface area (Å²) in [7, 11) is 2.86. The normalized spacial score (nSPS) is 10.4. The van der Waals surface area contributed by atoms with Crippen molar-refractivity contribution in [2.24, 2.45) is 0 Å². The fraction of sp³-hybridized carbons (Fsp3) is 0.208. The van der Waals surface area contributed by atoms with Crippen molar-refractivity contribution in [3.05, 3.63) is 81.6 Å². The predicted molar refractivity (Wildman–Crippen MR) is 124 cm³/mol. The first-order chi connectivity index (χ1) is 15.9. The molecule has 0 radical (unpaired) electrons. The summed E-state index contributed by atoms with van der Waals surface area (Å²) < 4.78 is 21.6. The maximum atomic E-state index is 13.1. The van der Waals surface area contributed by atoms with Gasteiger partial charge < -0.3 is 18.9 Å². The first-order valence-corrected chi connectivity index (χ1v) is 10.6. The number of ether oxygens (including phenoxy) is 4. The minimum absolute atomic E-state index is 0.0554. The summed E-state index contributed by atoms with van der Waals surface area (Å²) in [6.45, 7) is -0.337. The highest BCUT2D eigenvalue weighted by atomic mass is 35.5. The number of aromatic nitrogens is 1. The smallest absolute Gasteiger partial charge is 0.344 e. The number of Topliss-reactive ketones (excluding diaryl/α,β-unsaturated/α-hetero) is 1. The molecule has 1 aromatic heterocycles. The molecule has 3 rings (SSSR count). The third-order valence-corrected chi connectivity index (χ3v) is 5.32. The average Bonchev–Trinajstić information content (AvgIpc) is 2.83. The number of benzene rings is 2. The molecule has 0 amide bonds. The molecule has 0 aliphatic heterocycles. The zero-order valence-electron chi connectivity index (χ0n) is 18.0. The molecule has 9 heteroatoms. The van der Waals surface area contributed by atoms with E-state index in [0.717, 1.165) is 5.56 Å². The van der Waals surface area contributed by atoms with Crippen LogP contribution in [0.3, 0.4) is 0 Å². The van der Waals surface area contributed by atoms with Crippen LogP contribution in [0.25, 0.3) is 0 Å². The van der Waals surface area contributed by atoms with Crippen molar-refractivity contribution in [3.63, 3.8) is 0 Å². The van der Waals surface area contributed by atoms with Gasteiger partial charge in [0.05, 0.1) is 29.8 Å². The van der Waals surface area contributed by atoms with Gasteiger partial charge in [-0.05, 0) is 17.7 Å². The van der Waals surface area contributed by atoms with Crippen LogP contribution in [-0.4, -0.2) is 37.6 Å². The lowest BCUT2D eigenvalue weighted by molar-refractivity contribution is -0.147. The summed E-state index contributed by atoms with van der Waals surface area (Å²) in [6.07, 6.45) is 2.71. The Kier molecular flexibility index (Phi) is 8.52. The van der Waals surface area contributed by atoms with E-state index in [9.17, 15) is 9.59 Å². The summed E-state index contributed by atoms with van der Waals surface area (Å²) in [6, 6.07) is 12.3. The topological polar surface area (TPSA) is 84.0 Å². The van der Waals surface area contributed by atoms with Gasteiger partial charge in [-0.2, -0.15) is 0 Å². The number of ketones is 1. The van der Waals surface area contributed by atoms with Gasteiger partial charge in [-0.15, -0.1) is 0 Å². The number of carbonyl (C=O) groups excluding carboxylic acids is 2. The Morgan fingerprint density at radius 1 is 0.909 bits per heavy atom. The van der Waals surface area contributed by atoms with E-state index in [2.05, 4.69) is 4.98 Å². The van der Waals surface area contributed by atoms with Crippen LogP contribution in [0.4, 0.5) is 0 Å². The van der Waals surface area contributed by atoms with Gasteiger partial charge in [0.1, 0.15) is 6.61 Å². The van der Waals surface area contributed by atoms with E-state index in [1.165, 1.54) is 32.7 Å². The first kappa shape index (κ1) is 24.4. The summed E-state index contributed by atoms with van der Waals surface area (Å²) in [5, 5.41) is 0.534. The number of hydrogen-bond donors (Lipinski definition) is 0. The Labute approximate surface area is 201 Å². The van der Waals surface area contributed by atoms with Gasteiger partial charge in [-0.1, -0.05) is 53.5 Å². The quantitative estimate of drug-likeness (QED) is 0.294. The molecule has 1 heterocycles. The molecule has 2 aromatic carbocycles. The highest BCUT2D eigenvalue weighted by Crippen LogP contribution is 2.41. The first-order valence-electron chi connectivity index (χ1n) is 9.83. The average molecular weight is 490 g/mol. The van der Waals surface area contributed by atoms with E-state index < -0.39 is 12.6 Å². The van der Waals surface area contributed by atoms with Crippen molar-refractivity contribution in [2.45, 2.75) is 13.0 Å². The molecular weight excluding hydrogens is 469 g/mol. The molecule has 0 spiro atoms. The number of esters is 1. The number of pyridine rings is 1. The second-order valence-corrected chi connectivity index (χ2v) is 7.61. The molecular formula is C24H21Cl2NO6. The Balaban J connectivity index is 1.81. The molecule has 0 unspecified atom stereocenters. The number of halogens is 2. The van der Waals surface area contributed by atoms with Crippen LogP contribution in [0.15, 0.2) is 54.9 Å². The van der Waals surface area contributed by atoms with E-state index in [1.54, 1.807) is 6.07 Å². The second-order valence-electron chi connectivity index (χ2n) is 6.79. The third kappa shape index (κ3) is 6.15. The minimum Gasteiger partial charge on any atom is -0.493 e. The van der Waals surface area contributed by atoms with Gasteiger partial charge in [0.25, 0.3) is 0 Å². The molecule has 0 aliphatic rings. The maximum Gasteiger partial charge on any atom is 0.344 e. The van der Waals surface area contributed by atoms with E-state index in [-0.39, 0.29) is 45.9 Å². The minimum atomic E-state index is -0.609. The molecule has 33 heavy (non-hydrogen) atoms. The number of rotatable bonds is 10. The van der Waals surface area contributed by atoms with Gasteiger partial charge >= 0.3 is 5.97 Å². The van der Waals surface area contributed by atoms with E-state index in [0.29, 0.717) is 11.3 Å². The van der Waals surface area contributed by atoms with Crippen LogP contribution >= 0.6 is 23.2 Å². The second kappa shape index (κ2) is 11.5. The molecule has 0 saturated carbocycles. The highest BCUT2D eigenvalue weighted by Gasteiger charge is 2.24. The van der Waals surface area contributed by atoms with Crippen LogP contribution in [0.2, 0.25) is 10.0 Å². The van der Waals surface area contributed by atoms with Crippen LogP contribution in [0.1, 0.15) is 21.5 Å². The summed E-state index contributed by atoms with van der Waals surface area (Å²) in [5.74, 6) is -0.395. The molecule has 0 fully saturated rings. The molecule has 0 bridgehead atoms. The third-order valence-electron chi connectivity index (χ3n) is 4.67. The molecule has 172 valence electrons. The Morgan fingerprint density at radius 3 is 2.24 bits per heavy atom. The molecule has 0 saturated heterocycles. The summed E-state index contributed by atoms with van der Waals surface area (Å²) >= 11 is 12.3. The predicted octanol–water partition coefficient (Wildman–Crippen LogP) is 4.95. The van der Waals surface area contributed by atoms with Gasteiger partial charge in [-0.3, -0.25) is 9.78 Å². The van der Waals surface area contributed by atoms with E-state index >= 15 is 0 Å². The Hall–Kier alpha value is -3.29. The number of nitrogens with zero attached hydrogens (tertiary/aromatic N) is 1. The number of hydrogen-bond acceptors (Lipinski definition) is 7. The van der Waals surface area contributed by atoms with Crippen molar-refractivity contribution < 1.29 is 28.5 Å².